The summed E-state index contributed by atoms with van der Waals surface area (Å²) < 4.78 is 9.35. The van der Waals surface area contributed by atoms with E-state index < -0.39 is 0 Å². The monoisotopic (exact) mass is 326 g/mol. The van der Waals surface area contributed by atoms with Crippen molar-refractivity contribution in [2.45, 2.75) is 25.7 Å². The summed E-state index contributed by atoms with van der Waals surface area (Å²) in [6.45, 7) is 0. The molecule has 0 atom stereocenters. The zero-order valence-corrected chi connectivity index (χ0v) is 14.1. The van der Waals surface area contributed by atoms with Crippen molar-refractivity contribution in [3.05, 3.63) is 70.8 Å². The molecule has 4 heteroatoms. The number of hydrogen-bond acceptors (Lipinski definition) is 4. The minimum atomic E-state index is -0.311. The van der Waals surface area contributed by atoms with Crippen molar-refractivity contribution >= 4 is 11.9 Å². The second-order valence-electron chi connectivity index (χ2n) is 5.61. The van der Waals surface area contributed by atoms with Crippen molar-refractivity contribution in [1.82, 2.24) is 0 Å². The van der Waals surface area contributed by atoms with E-state index in [0.29, 0.717) is 12.0 Å². The summed E-state index contributed by atoms with van der Waals surface area (Å²) in [6, 6.07) is 15.6. The van der Waals surface area contributed by atoms with Crippen molar-refractivity contribution in [3.8, 4) is 0 Å². The van der Waals surface area contributed by atoms with Gasteiger partial charge >= 0.3 is 11.9 Å². The van der Waals surface area contributed by atoms with E-state index in [-0.39, 0.29) is 11.9 Å². The molecule has 0 bridgehead atoms. The maximum atomic E-state index is 11.4. The molecule has 0 aromatic heterocycles. The van der Waals surface area contributed by atoms with E-state index in [0.717, 1.165) is 24.8 Å². The first-order valence-electron chi connectivity index (χ1n) is 7.94. The molecule has 0 unspecified atom stereocenters. The Morgan fingerprint density at radius 3 is 1.75 bits per heavy atom. The van der Waals surface area contributed by atoms with Gasteiger partial charge < -0.3 is 9.47 Å². The molecule has 0 aliphatic rings. The number of ether oxygens (including phenoxy) is 2. The maximum absolute atomic E-state index is 11.4. The van der Waals surface area contributed by atoms with E-state index in [1.165, 1.54) is 25.3 Å². The predicted octanol–water partition coefficient (Wildman–Crippen LogP) is 3.36. The first-order chi connectivity index (χ1) is 11.6. The average molecular weight is 326 g/mol. The molecule has 0 N–H and O–H groups in total. The van der Waals surface area contributed by atoms with Gasteiger partial charge in [0, 0.05) is 0 Å². The number of carbonyl (C=O) groups excluding carboxylic acids is 2. The zero-order chi connectivity index (χ0) is 17.4. The third kappa shape index (κ3) is 5.23. The molecule has 0 spiro atoms. The highest BCUT2D eigenvalue weighted by molar-refractivity contribution is 5.89. The molecular formula is C20H22O4. The summed E-state index contributed by atoms with van der Waals surface area (Å²) in [6.07, 6.45) is 3.25. The van der Waals surface area contributed by atoms with E-state index in [9.17, 15) is 9.59 Å². The number of benzene rings is 2. The number of methoxy groups -OCH3 is 2. The molecule has 126 valence electrons. The van der Waals surface area contributed by atoms with Gasteiger partial charge in [0.15, 0.2) is 0 Å². The fourth-order valence-electron chi connectivity index (χ4n) is 2.48. The van der Waals surface area contributed by atoms with E-state index in [1.54, 1.807) is 12.1 Å². The Morgan fingerprint density at radius 2 is 1.25 bits per heavy atom. The van der Waals surface area contributed by atoms with Crippen molar-refractivity contribution < 1.29 is 19.1 Å². The molecular weight excluding hydrogens is 304 g/mol. The van der Waals surface area contributed by atoms with Crippen molar-refractivity contribution in [2.24, 2.45) is 0 Å². The fraction of sp³-hybridized carbons (Fsp3) is 0.300. The molecule has 0 amide bonds. The maximum Gasteiger partial charge on any atom is 0.337 e. The van der Waals surface area contributed by atoms with Crippen LogP contribution in [0.15, 0.2) is 48.5 Å². The molecule has 2 rings (SSSR count). The number of esters is 2. The third-order valence-corrected chi connectivity index (χ3v) is 3.91. The van der Waals surface area contributed by atoms with Crippen LogP contribution in [0.25, 0.3) is 0 Å². The van der Waals surface area contributed by atoms with Crippen LogP contribution in [-0.2, 0) is 33.5 Å². The molecule has 0 aliphatic carbocycles. The molecule has 2 aromatic carbocycles. The number of rotatable bonds is 7. The SMILES string of the molecule is COC(=O)Cc1ccc(CCCc2ccc(C(=O)OC)cc2)cc1. The minimum Gasteiger partial charge on any atom is -0.469 e. The molecule has 0 radical (unpaired) electrons. The highest BCUT2D eigenvalue weighted by atomic mass is 16.5. The first-order valence-corrected chi connectivity index (χ1v) is 7.94. The van der Waals surface area contributed by atoms with Crippen molar-refractivity contribution in [3.63, 3.8) is 0 Å². The van der Waals surface area contributed by atoms with Crippen LogP contribution in [0.2, 0.25) is 0 Å². The van der Waals surface area contributed by atoms with E-state index >= 15 is 0 Å². The molecule has 0 heterocycles. The number of hydrogen-bond donors (Lipinski definition) is 0. The highest BCUT2D eigenvalue weighted by Gasteiger charge is 2.05. The lowest BCUT2D eigenvalue weighted by atomic mass is 10.0. The summed E-state index contributed by atoms with van der Waals surface area (Å²) in [5.41, 5.74) is 3.98. The van der Waals surface area contributed by atoms with Crippen LogP contribution in [0, 0.1) is 0 Å². The van der Waals surface area contributed by atoms with Gasteiger partial charge in [-0.2, -0.15) is 0 Å². The highest BCUT2D eigenvalue weighted by Crippen LogP contribution is 2.12. The first kappa shape index (κ1) is 17.7. The Labute approximate surface area is 142 Å². The summed E-state index contributed by atoms with van der Waals surface area (Å²) in [4.78, 5) is 22.6. The number of carbonyl (C=O) groups is 2. The molecule has 0 aliphatic heterocycles. The normalized spacial score (nSPS) is 10.2. The van der Waals surface area contributed by atoms with Crippen LogP contribution in [0.1, 0.15) is 33.5 Å². The zero-order valence-electron chi connectivity index (χ0n) is 14.1. The van der Waals surface area contributed by atoms with Gasteiger partial charge in [-0.3, -0.25) is 4.79 Å². The lowest BCUT2D eigenvalue weighted by Gasteiger charge is -2.05. The lowest BCUT2D eigenvalue weighted by molar-refractivity contribution is -0.139. The van der Waals surface area contributed by atoms with Gasteiger partial charge in [0.25, 0.3) is 0 Å². The summed E-state index contributed by atoms with van der Waals surface area (Å²) in [5, 5.41) is 0. The van der Waals surface area contributed by atoms with E-state index in [4.69, 9.17) is 0 Å². The van der Waals surface area contributed by atoms with Crippen molar-refractivity contribution in [2.75, 3.05) is 14.2 Å². The quantitative estimate of drug-likeness (QED) is 0.732. The van der Waals surface area contributed by atoms with Crippen LogP contribution < -0.4 is 0 Å². The molecule has 0 fully saturated rings. The Balaban J connectivity index is 1.81. The van der Waals surface area contributed by atoms with Crippen LogP contribution in [0.5, 0.6) is 0 Å². The molecule has 0 saturated carbocycles. The molecule has 24 heavy (non-hydrogen) atoms. The third-order valence-electron chi connectivity index (χ3n) is 3.91. The Kier molecular flexibility index (Phi) is 6.55. The van der Waals surface area contributed by atoms with Gasteiger partial charge in [-0.05, 0) is 48.1 Å². The number of aryl methyl sites for hydroxylation is 2. The van der Waals surface area contributed by atoms with Crippen LogP contribution >= 0.6 is 0 Å². The second kappa shape index (κ2) is 8.87. The van der Waals surface area contributed by atoms with Gasteiger partial charge in [0.1, 0.15) is 0 Å². The summed E-state index contributed by atoms with van der Waals surface area (Å²) in [5.74, 6) is -0.535. The predicted molar refractivity (Wildman–Crippen MR) is 92.0 cm³/mol. The standard InChI is InChI=1S/C20H22O4/c1-23-19(21)14-17-8-6-15(7-9-17)4-3-5-16-10-12-18(13-11-16)20(22)24-2/h6-13H,3-5,14H2,1-2H3. The summed E-state index contributed by atoms with van der Waals surface area (Å²) in [7, 11) is 2.78. The van der Waals surface area contributed by atoms with E-state index in [2.05, 4.69) is 21.6 Å². The molecule has 2 aromatic rings. The van der Waals surface area contributed by atoms with Gasteiger partial charge in [0.2, 0.25) is 0 Å². The Hall–Kier alpha value is -2.62. The average Bonchev–Trinajstić information content (AvgIpc) is 2.63. The van der Waals surface area contributed by atoms with Crippen LogP contribution in [0.3, 0.4) is 0 Å². The minimum absolute atomic E-state index is 0.224. The van der Waals surface area contributed by atoms with Crippen LogP contribution in [-0.4, -0.2) is 26.2 Å². The van der Waals surface area contributed by atoms with Gasteiger partial charge in [0.05, 0.1) is 26.2 Å². The van der Waals surface area contributed by atoms with E-state index in [1.807, 2.05) is 24.3 Å². The summed E-state index contributed by atoms with van der Waals surface area (Å²) >= 11 is 0. The van der Waals surface area contributed by atoms with Crippen molar-refractivity contribution in [1.29, 1.82) is 0 Å². The van der Waals surface area contributed by atoms with Gasteiger partial charge in [-0.1, -0.05) is 36.4 Å². The largest absolute Gasteiger partial charge is 0.469 e. The molecule has 4 nitrogen and oxygen atoms in total. The van der Waals surface area contributed by atoms with Gasteiger partial charge in [-0.15, -0.1) is 0 Å². The fourth-order valence-corrected chi connectivity index (χ4v) is 2.48. The smallest absolute Gasteiger partial charge is 0.337 e. The lowest BCUT2D eigenvalue weighted by Crippen LogP contribution is -2.04. The topological polar surface area (TPSA) is 52.6 Å². The Morgan fingerprint density at radius 1 is 0.750 bits per heavy atom. The van der Waals surface area contributed by atoms with Crippen LogP contribution in [0.4, 0.5) is 0 Å². The second-order valence-corrected chi connectivity index (χ2v) is 5.61. The van der Waals surface area contributed by atoms with Gasteiger partial charge in [-0.25, -0.2) is 4.79 Å². The molecule has 0 saturated heterocycles. The Bertz CT molecular complexity index is 672.